The van der Waals surface area contributed by atoms with Crippen LogP contribution >= 0.6 is 11.3 Å². The Labute approximate surface area is 208 Å². The van der Waals surface area contributed by atoms with Crippen molar-refractivity contribution in [3.05, 3.63) is 62.4 Å². The molecule has 1 aromatic carbocycles. The molecule has 0 amide bonds. The lowest BCUT2D eigenvalue weighted by molar-refractivity contribution is 0.0783. The SMILES string of the molecule is CC(C)(O)c1ncc(C(N[S@@](=O)C(C)(C)C)c2ccn(-c3c4c(cc5c3CCC5)CCC4)n2)s1. The number of benzene rings is 1. The van der Waals surface area contributed by atoms with Crippen molar-refractivity contribution in [1.29, 1.82) is 0 Å². The highest BCUT2D eigenvalue weighted by Gasteiger charge is 2.31. The Kier molecular flexibility index (Phi) is 6.07. The summed E-state index contributed by atoms with van der Waals surface area (Å²) in [5, 5.41) is 16.1. The summed E-state index contributed by atoms with van der Waals surface area (Å²) in [6.45, 7) is 9.33. The van der Waals surface area contributed by atoms with Gasteiger partial charge in [-0.2, -0.15) is 5.10 Å². The standard InChI is InChI=1S/C26H34N4O2S2/c1-25(2,3)34(32)29-22(21-15-27-24(33-21)26(4,5)31)20-12-13-30(28-20)23-18-10-6-8-16(18)14-17-9-7-11-19(17)23/h12-15,22,29,31H,6-11H2,1-5H3/t22?,34-/m0/s1. The van der Waals surface area contributed by atoms with Crippen LogP contribution in [0.15, 0.2) is 24.5 Å². The largest absolute Gasteiger partial charge is 0.383 e. The number of thiazole rings is 1. The van der Waals surface area contributed by atoms with Crippen LogP contribution in [-0.4, -0.2) is 28.8 Å². The predicted molar refractivity (Wildman–Crippen MR) is 138 cm³/mol. The number of aromatic nitrogens is 3. The minimum atomic E-state index is -1.30. The van der Waals surface area contributed by atoms with Crippen LogP contribution < -0.4 is 4.72 Å². The molecule has 3 aromatic rings. The smallest absolute Gasteiger partial charge is 0.124 e. The van der Waals surface area contributed by atoms with Gasteiger partial charge in [0.15, 0.2) is 0 Å². The van der Waals surface area contributed by atoms with Crippen molar-refractivity contribution < 1.29 is 9.32 Å². The van der Waals surface area contributed by atoms with Gasteiger partial charge in [0.2, 0.25) is 0 Å². The number of fused-ring (bicyclic) bond motifs is 2. The van der Waals surface area contributed by atoms with Gasteiger partial charge in [-0.25, -0.2) is 18.6 Å². The number of nitrogens with one attached hydrogen (secondary N) is 1. The third-order valence-electron chi connectivity index (χ3n) is 6.69. The van der Waals surface area contributed by atoms with Crippen molar-refractivity contribution in [3.63, 3.8) is 0 Å². The topological polar surface area (TPSA) is 80.0 Å². The van der Waals surface area contributed by atoms with E-state index in [1.54, 1.807) is 20.0 Å². The maximum absolute atomic E-state index is 13.1. The van der Waals surface area contributed by atoms with Crippen molar-refractivity contribution in [3.8, 4) is 5.69 Å². The Morgan fingerprint density at radius 2 is 1.74 bits per heavy atom. The molecule has 182 valence electrons. The minimum absolute atomic E-state index is 0.375. The summed E-state index contributed by atoms with van der Waals surface area (Å²) in [6.07, 6.45) is 10.7. The van der Waals surface area contributed by atoms with Crippen LogP contribution in [0.1, 0.15) is 91.3 Å². The molecule has 0 fully saturated rings. The second kappa shape index (κ2) is 8.66. The summed E-state index contributed by atoms with van der Waals surface area (Å²) in [4.78, 5) is 5.35. The van der Waals surface area contributed by atoms with Gasteiger partial charge in [-0.05, 0) is 101 Å². The maximum atomic E-state index is 13.1. The quantitative estimate of drug-likeness (QED) is 0.517. The molecule has 0 saturated heterocycles. The fourth-order valence-electron chi connectivity index (χ4n) is 4.93. The number of aryl methyl sites for hydroxylation is 2. The van der Waals surface area contributed by atoms with Crippen LogP contribution in [0.5, 0.6) is 0 Å². The van der Waals surface area contributed by atoms with E-state index in [4.69, 9.17) is 5.10 Å². The maximum Gasteiger partial charge on any atom is 0.124 e. The minimum Gasteiger partial charge on any atom is -0.383 e. The third kappa shape index (κ3) is 4.41. The van der Waals surface area contributed by atoms with Crippen LogP contribution in [0, 0.1) is 0 Å². The summed E-state index contributed by atoms with van der Waals surface area (Å²) in [5.41, 5.74) is 6.90. The summed E-state index contributed by atoms with van der Waals surface area (Å²) in [5.74, 6) is 0. The Bertz CT molecular complexity index is 1210. The number of hydrogen-bond donors (Lipinski definition) is 2. The molecular formula is C26H34N4O2S2. The van der Waals surface area contributed by atoms with Crippen LogP contribution in [0.4, 0.5) is 0 Å². The molecule has 34 heavy (non-hydrogen) atoms. The van der Waals surface area contributed by atoms with Crippen molar-refractivity contribution in [2.24, 2.45) is 0 Å². The summed E-state index contributed by atoms with van der Waals surface area (Å²) in [7, 11) is -1.30. The zero-order valence-electron chi connectivity index (χ0n) is 20.6. The van der Waals surface area contributed by atoms with Gasteiger partial charge in [0.05, 0.1) is 33.2 Å². The van der Waals surface area contributed by atoms with Crippen molar-refractivity contribution in [1.82, 2.24) is 19.5 Å². The summed E-state index contributed by atoms with van der Waals surface area (Å²) >= 11 is 1.43. The molecule has 6 nitrogen and oxygen atoms in total. The highest BCUT2D eigenvalue weighted by atomic mass is 32.2. The molecule has 2 aliphatic carbocycles. The van der Waals surface area contributed by atoms with E-state index < -0.39 is 21.3 Å². The first-order chi connectivity index (χ1) is 16.0. The second-order valence-electron chi connectivity index (χ2n) is 11.0. The normalized spacial score (nSPS) is 17.6. The molecule has 0 radical (unpaired) electrons. The Balaban J connectivity index is 1.57. The highest BCUT2D eigenvalue weighted by molar-refractivity contribution is 7.84. The Hall–Kier alpha value is -1.87. The van der Waals surface area contributed by atoms with E-state index in [2.05, 4.69) is 26.7 Å². The zero-order valence-corrected chi connectivity index (χ0v) is 22.3. The molecule has 0 aliphatic heterocycles. The molecule has 5 rings (SSSR count). The van der Waals surface area contributed by atoms with Gasteiger partial charge in [0, 0.05) is 17.3 Å². The van der Waals surface area contributed by atoms with E-state index in [0.717, 1.165) is 36.3 Å². The predicted octanol–water partition coefficient (Wildman–Crippen LogP) is 4.67. The first kappa shape index (κ1) is 23.9. The van der Waals surface area contributed by atoms with Crippen LogP contribution in [0.25, 0.3) is 5.69 Å². The van der Waals surface area contributed by atoms with Crippen molar-refractivity contribution >= 4 is 22.3 Å². The van der Waals surface area contributed by atoms with Crippen molar-refractivity contribution in [2.45, 2.75) is 89.5 Å². The van der Waals surface area contributed by atoms with E-state index >= 15 is 0 Å². The van der Waals surface area contributed by atoms with Gasteiger partial charge in [-0.3, -0.25) is 0 Å². The first-order valence-corrected chi connectivity index (χ1v) is 14.1. The third-order valence-corrected chi connectivity index (χ3v) is 9.63. The van der Waals surface area contributed by atoms with Gasteiger partial charge < -0.3 is 5.11 Å². The molecular weight excluding hydrogens is 464 g/mol. The van der Waals surface area contributed by atoms with Crippen LogP contribution in [-0.2, 0) is 42.3 Å². The lowest BCUT2D eigenvalue weighted by Gasteiger charge is -2.22. The monoisotopic (exact) mass is 498 g/mol. The van der Waals surface area contributed by atoms with E-state index in [9.17, 15) is 9.32 Å². The van der Waals surface area contributed by atoms with E-state index in [-0.39, 0.29) is 6.04 Å². The lowest BCUT2D eigenvalue weighted by atomic mass is 9.99. The van der Waals surface area contributed by atoms with Crippen LogP contribution in [0.3, 0.4) is 0 Å². The zero-order chi connectivity index (χ0) is 24.3. The molecule has 2 atom stereocenters. The summed E-state index contributed by atoms with van der Waals surface area (Å²) < 4.78 is 18.0. The van der Waals surface area contributed by atoms with E-state index in [1.165, 1.54) is 52.1 Å². The van der Waals surface area contributed by atoms with Gasteiger partial charge in [-0.1, -0.05) is 6.07 Å². The average Bonchev–Trinajstić information content (AvgIpc) is 3.55. The van der Waals surface area contributed by atoms with Crippen molar-refractivity contribution in [2.75, 3.05) is 0 Å². The molecule has 2 aromatic heterocycles. The number of rotatable bonds is 6. The molecule has 1 unspecified atom stereocenters. The average molecular weight is 499 g/mol. The van der Waals surface area contributed by atoms with E-state index in [0.29, 0.717) is 5.01 Å². The Morgan fingerprint density at radius 3 is 2.29 bits per heavy atom. The number of hydrogen-bond acceptors (Lipinski definition) is 5. The Morgan fingerprint density at radius 1 is 1.09 bits per heavy atom. The van der Waals surface area contributed by atoms with Gasteiger partial charge >= 0.3 is 0 Å². The highest BCUT2D eigenvalue weighted by Crippen LogP contribution is 2.38. The molecule has 2 heterocycles. The fourth-order valence-corrected chi connectivity index (χ4v) is 6.80. The number of nitrogens with zero attached hydrogens (tertiary/aromatic N) is 3. The molecule has 0 bridgehead atoms. The first-order valence-electron chi connectivity index (χ1n) is 12.1. The lowest BCUT2D eigenvalue weighted by Crippen LogP contribution is -2.36. The van der Waals surface area contributed by atoms with Gasteiger partial charge in [-0.15, -0.1) is 11.3 Å². The second-order valence-corrected chi connectivity index (χ2v) is 14.0. The molecule has 2 N–H and O–H groups in total. The van der Waals surface area contributed by atoms with E-state index in [1.807, 2.05) is 26.8 Å². The number of aliphatic hydroxyl groups is 1. The molecule has 0 spiro atoms. The fraction of sp³-hybridized carbons (Fsp3) is 0.538. The van der Waals surface area contributed by atoms with Gasteiger partial charge in [0.25, 0.3) is 0 Å². The summed E-state index contributed by atoms with van der Waals surface area (Å²) in [6, 6.07) is 4.08. The molecule has 8 heteroatoms. The molecule has 2 aliphatic rings. The molecule has 0 saturated carbocycles. The van der Waals surface area contributed by atoms with Crippen LogP contribution in [0.2, 0.25) is 0 Å². The van der Waals surface area contributed by atoms with Gasteiger partial charge in [0.1, 0.15) is 10.6 Å².